The van der Waals surface area contributed by atoms with Crippen LogP contribution in [0.1, 0.15) is 44.2 Å². The van der Waals surface area contributed by atoms with Gasteiger partial charge < -0.3 is 30.1 Å². The lowest BCUT2D eigenvalue weighted by molar-refractivity contribution is -0.327. The van der Waals surface area contributed by atoms with E-state index in [2.05, 4.69) is 5.32 Å². The molecular weight excluding hydrogens is 555 g/mol. The van der Waals surface area contributed by atoms with Gasteiger partial charge in [0.1, 0.15) is 5.82 Å². The number of nitrogens with zero attached hydrogens (tertiary/aromatic N) is 1. The molecule has 0 bridgehead atoms. The van der Waals surface area contributed by atoms with Gasteiger partial charge in [-0.2, -0.15) is 0 Å². The molecule has 3 aromatic rings. The number of benzene rings is 3. The second-order valence-electron chi connectivity index (χ2n) is 11.8. The minimum atomic E-state index is -2.00. The molecule has 3 saturated heterocycles. The number of rotatable bonds is 9. The molecule has 6 atom stereocenters. The zero-order chi connectivity index (χ0) is 30.6. The smallest absolute Gasteiger partial charge is 0.305 e. The third kappa shape index (κ3) is 4.08. The number of morpholine rings is 1. The summed E-state index contributed by atoms with van der Waals surface area (Å²) in [4.78, 5) is 27.8. The van der Waals surface area contributed by atoms with Crippen LogP contribution in [0.5, 0.6) is 0 Å². The maximum absolute atomic E-state index is 14.7. The molecule has 10 heteroatoms. The molecule has 0 radical (unpaired) electrons. The Labute approximate surface area is 248 Å². The molecule has 4 N–H and O–H groups in total. The van der Waals surface area contributed by atoms with Gasteiger partial charge in [0, 0.05) is 24.2 Å². The van der Waals surface area contributed by atoms with Gasteiger partial charge in [-0.3, -0.25) is 9.59 Å². The van der Waals surface area contributed by atoms with Crippen molar-refractivity contribution >= 4 is 17.6 Å². The number of aliphatic carboxylic acids is 1. The van der Waals surface area contributed by atoms with Gasteiger partial charge in [0.15, 0.2) is 17.1 Å². The Morgan fingerprint density at radius 3 is 2.23 bits per heavy atom. The summed E-state index contributed by atoms with van der Waals surface area (Å²) in [5.41, 5.74) is -5.71. The van der Waals surface area contributed by atoms with Crippen LogP contribution in [0.3, 0.4) is 0 Å². The molecule has 0 spiro atoms. The van der Waals surface area contributed by atoms with Gasteiger partial charge in [0.25, 0.3) is 5.91 Å². The van der Waals surface area contributed by atoms with Gasteiger partial charge in [0.2, 0.25) is 5.60 Å². The number of para-hydroxylation sites is 1. The van der Waals surface area contributed by atoms with Crippen molar-refractivity contribution in [3.8, 4) is 0 Å². The zero-order valence-corrected chi connectivity index (χ0v) is 23.9. The number of carboxylic acid groups (broad SMARTS) is 1. The number of carbonyl (C=O) groups excluding carboxylic acids is 1. The van der Waals surface area contributed by atoms with E-state index in [9.17, 15) is 29.3 Å². The Hall–Kier alpha value is -3.67. The van der Waals surface area contributed by atoms with E-state index >= 15 is 0 Å². The highest BCUT2D eigenvalue weighted by Gasteiger charge is 2.99. The second-order valence-corrected chi connectivity index (χ2v) is 11.8. The lowest BCUT2D eigenvalue weighted by Gasteiger charge is -2.55. The van der Waals surface area contributed by atoms with E-state index < -0.39 is 64.9 Å². The van der Waals surface area contributed by atoms with Crippen LogP contribution in [0.4, 0.5) is 10.1 Å². The molecule has 3 aromatic carbocycles. The first-order valence-electron chi connectivity index (χ1n) is 14.5. The number of anilines is 1. The maximum atomic E-state index is 14.7. The molecule has 3 aliphatic heterocycles. The van der Waals surface area contributed by atoms with E-state index in [0.717, 1.165) is 0 Å². The third-order valence-electron chi connectivity index (χ3n) is 9.07. The fourth-order valence-corrected chi connectivity index (χ4v) is 7.42. The fraction of sp³-hybridized carbons (Fsp3) is 0.394. The number of nitrogens with one attached hydrogen (secondary N) is 1. The molecule has 3 aliphatic rings. The third-order valence-corrected chi connectivity index (χ3v) is 9.07. The number of amides is 1. The van der Waals surface area contributed by atoms with Crippen LogP contribution >= 0.6 is 0 Å². The van der Waals surface area contributed by atoms with Crippen LogP contribution in [0.2, 0.25) is 0 Å². The summed E-state index contributed by atoms with van der Waals surface area (Å²) < 4.78 is 27.8. The van der Waals surface area contributed by atoms with Gasteiger partial charge in [-0.25, -0.2) is 9.29 Å². The first kappa shape index (κ1) is 29.4. The molecule has 6 rings (SSSR count). The van der Waals surface area contributed by atoms with Crippen molar-refractivity contribution in [2.24, 2.45) is 5.92 Å². The van der Waals surface area contributed by atoms with Crippen molar-refractivity contribution < 1.29 is 38.8 Å². The number of hydrogen-bond donors (Lipinski definition) is 4. The first-order chi connectivity index (χ1) is 20.5. The molecule has 0 aliphatic carbocycles. The highest BCUT2D eigenvalue weighted by Crippen LogP contribution is 2.79. The summed E-state index contributed by atoms with van der Waals surface area (Å²) >= 11 is 0. The topological polar surface area (TPSA) is 132 Å². The molecule has 0 unspecified atom stereocenters. The monoisotopic (exact) mass is 590 g/mol. The van der Waals surface area contributed by atoms with Gasteiger partial charge in [-0.15, -0.1) is 0 Å². The minimum Gasteiger partial charge on any atom is -0.481 e. The maximum Gasteiger partial charge on any atom is 0.305 e. The summed E-state index contributed by atoms with van der Waals surface area (Å²) in [6, 6.07) is 23.4. The Kier molecular flexibility index (Phi) is 7.18. The predicted molar refractivity (Wildman–Crippen MR) is 154 cm³/mol. The number of ether oxygens (including phenoxy) is 2. The summed E-state index contributed by atoms with van der Waals surface area (Å²) in [5.74, 6) is -2.62. The van der Waals surface area contributed by atoms with Crippen LogP contribution in [0.25, 0.3) is 0 Å². The van der Waals surface area contributed by atoms with Crippen LogP contribution in [-0.4, -0.2) is 62.2 Å². The Morgan fingerprint density at radius 2 is 1.63 bits per heavy atom. The van der Waals surface area contributed by atoms with E-state index in [0.29, 0.717) is 23.2 Å². The molecule has 0 saturated carbocycles. The van der Waals surface area contributed by atoms with Crippen LogP contribution in [0, 0.1) is 11.7 Å². The van der Waals surface area contributed by atoms with Crippen molar-refractivity contribution in [3.05, 3.63) is 102 Å². The van der Waals surface area contributed by atoms with Gasteiger partial charge in [0.05, 0.1) is 18.6 Å². The molecule has 0 aromatic heterocycles. The van der Waals surface area contributed by atoms with E-state index in [4.69, 9.17) is 9.47 Å². The van der Waals surface area contributed by atoms with Crippen molar-refractivity contribution in [1.29, 1.82) is 0 Å². The number of halogens is 1. The summed E-state index contributed by atoms with van der Waals surface area (Å²) in [7, 11) is 0. The molecule has 43 heavy (non-hydrogen) atoms. The van der Waals surface area contributed by atoms with Crippen molar-refractivity contribution in [2.45, 2.75) is 68.0 Å². The molecule has 9 nitrogen and oxygen atoms in total. The lowest BCUT2D eigenvalue weighted by atomic mass is 9.73. The van der Waals surface area contributed by atoms with Gasteiger partial charge in [-0.1, -0.05) is 74.5 Å². The summed E-state index contributed by atoms with van der Waals surface area (Å²) in [6.07, 6.45) is -1.94. The van der Waals surface area contributed by atoms with Gasteiger partial charge >= 0.3 is 5.97 Å². The van der Waals surface area contributed by atoms with Crippen molar-refractivity contribution in [2.75, 3.05) is 11.9 Å². The lowest BCUT2D eigenvalue weighted by Crippen LogP contribution is -2.70. The predicted octanol–water partition coefficient (Wildman–Crippen LogP) is 3.96. The van der Waals surface area contributed by atoms with E-state index in [-0.39, 0.29) is 13.0 Å². The minimum absolute atomic E-state index is 0.0122. The number of fused-ring (bicyclic) bond motifs is 3. The number of aliphatic hydroxyl groups is 2. The second kappa shape index (κ2) is 10.5. The van der Waals surface area contributed by atoms with Crippen LogP contribution in [-0.2, 0) is 30.4 Å². The molecule has 3 heterocycles. The molecule has 226 valence electrons. The molecule has 1 amide bonds. The van der Waals surface area contributed by atoms with Crippen molar-refractivity contribution in [3.63, 3.8) is 0 Å². The van der Waals surface area contributed by atoms with E-state index in [1.54, 1.807) is 53.4 Å². The quantitative estimate of drug-likeness (QED) is 0.276. The Bertz CT molecular complexity index is 1510. The fourth-order valence-electron chi connectivity index (χ4n) is 7.42. The average molecular weight is 591 g/mol. The standard InChI is InChI=1S/C33H35FN2O7/c1-21(2)33-31(29(40)35-25-11-7-4-8-12-25)30(43-31,22-9-5-3-6-10-22)32(41,23-13-15-24(34)16-14-23)36(33)18-17-27(42-33)19-26(37)20-28(38)39/h3-16,21,26-27,37,41H,17-20H2,1-2H3,(H,35,40)(H,38,39)/t26-,27+,30+,31+,32+,33+/m0/s1. The number of aliphatic hydroxyl groups excluding tert-OH is 1. The highest BCUT2D eigenvalue weighted by atomic mass is 19.1. The first-order valence-corrected chi connectivity index (χ1v) is 14.5. The Balaban J connectivity index is 1.57. The van der Waals surface area contributed by atoms with Crippen LogP contribution in [0.15, 0.2) is 84.9 Å². The normalized spacial score (nSPS) is 32.1. The largest absolute Gasteiger partial charge is 0.481 e. The summed E-state index contributed by atoms with van der Waals surface area (Å²) in [5, 5.41) is 35.9. The number of hydrogen-bond acceptors (Lipinski definition) is 7. The number of carbonyl (C=O) groups is 2. The zero-order valence-electron chi connectivity index (χ0n) is 23.9. The molecular formula is C33H35FN2O7. The summed E-state index contributed by atoms with van der Waals surface area (Å²) in [6.45, 7) is 3.96. The highest BCUT2D eigenvalue weighted by molar-refractivity contribution is 6.03. The van der Waals surface area contributed by atoms with Crippen LogP contribution < -0.4 is 5.32 Å². The van der Waals surface area contributed by atoms with E-state index in [1.807, 2.05) is 26.0 Å². The number of carboxylic acids is 1. The molecule has 3 fully saturated rings. The van der Waals surface area contributed by atoms with Crippen molar-refractivity contribution in [1.82, 2.24) is 4.90 Å². The Morgan fingerprint density at radius 1 is 1.00 bits per heavy atom. The SMILES string of the molecule is CC(C)[C@]12O[C@@H](C[C@H](O)CC(=O)O)CCN1[C@@](O)(c1ccc(F)cc1)[C@]1(c3ccccc3)O[C@]12C(=O)Nc1ccccc1. The van der Waals surface area contributed by atoms with E-state index in [1.165, 1.54) is 24.3 Å². The van der Waals surface area contributed by atoms with Gasteiger partial charge in [-0.05, 0) is 42.2 Å². The number of epoxide rings is 1. The average Bonchev–Trinajstić information content (AvgIpc) is 3.67.